The molecule has 1 atom stereocenters. The standard InChI is InChI=1S/C7H13NO3/c1-2-11-7(10)4-3-5-8-6-9/h7,10H,2-5H2,1H3. The summed E-state index contributed by atoms with van der Waals surface area (Å²) >= 11 is 0. The number of carbonyl (C=O) groups excluding carboxylic acids is 1. The van der Waals surface area contributed by atoms with Crippen molar-refractivity contribution in [3.05, 3.63) is 0 Å². The largest absolute Gasteiger partial charge is 0.368 e. The Labute approximate surface area is 65.9 Å². The lowest BCUT2D eigenvalue weighted by Crippen LogP contribution is -2.11. The summed E-state index contributed by atoms with van der Waals surface area (Å²) in [7, 11) is 0. The predicted octanol–water partition coefficient (Wildman–Crippen LogP) is 0.457. The number of aliphatic imine (C=N–C) groups is 1. The Morgan fingerprint density at radius 1 is 1.73 bits per heavy atom. The molecule has 0 aliphatic heterocycles. The van der Waals surface area contributed by atoms with Crippen LogP contribution in [0.5, 0.6) is 0 Å². The lowest BCUT2D eigenvalue weighted by atomic mass is 10.3. The molecule has 0 heterocycles. The van der Waals surface area contributed by atoms with E-state index in [1.165, 1.54) is 6.08 Å². The van der Waals surface area contributed by atoms with Gasteiger partial charge in [0.15, 0.2) is 6.29 Å². The summed E-state index contributed by atoms with van der Waals surface area (Å²) in [5.41, 5.74) is 0. The Bertz CT molecular complexity index is 132. The summed E-state index contributed by atoms with van der Waals surface area (Å²) in [4.78, 5) is 12.9. The number of aliphatic hydroxyl groups is 1. The second-order valence-corrected chi connectivity index (χ2v) is 2.03. The highest BCUT2D eigenvalue weighted by molar-refractivity contribution is 5.32. The molecule has 0 saturated heterocycles. The molecule has 1 N–H and O–H groups in total. The minimum Gasteiger partial charge on any atom is -0.368 e. The van der Waals surface area contributed by atoms with Gasteiger partial charge >= 0.3 is 0 Å². The lowest BCUT2D eigenvalue weighted by Gasteiger charge is -2.07. The van der Waals surface area contributed by atoms with Crippen LogP contribution in [-0.4, -0.2) is 30.6 Å². The molecule has 0 aliphatic rings. The first-order valence-corrected chi connectivity index (χ1v) is 3.64. The molecule has 0 spiro atoms. The van der Waals surface area contributed by atoms with Gasteiger partial charge in [-0.2, -0.15) is 0 Å². The fourth-order valence-corrected chi connectivity index (χ4v) is 0.666. The van der Waals surface area contributed by atoms with Crippen molar-refractivity contribution in [3.63, 3.8) is 0 Å². The predicted molar refractivity (Wildman–Crippen MR) is 39.9 cm³/mol. The molecule has 0 aromatic rings. The molecule has 4 heteroatoms. The summed E-state index contributed by atoms with van der Waals surface area (Å²) < 4.78 is 4.84. The van der Waals surface area contributed by atoms with Crippen LogP contribution in [0.1, 0.15) is 19.8 Å². The van der Waals surface area contributed by atoms with Gasteiger partial charge in [0, 0.05) is 6.61 Å². The molecular weight excluding hydrogens is 146 g/mol. The molecule has 0 amide bonds. The van der Waals surface area contributed by atoms with Gasteiger partial charge in [-0.05, 0) is 19.8 Å². The van der Waals surface area contributed by atoms with Gasteiger partial charge in [-0.15, -0.1) is 0 Å². The van der Waals surface area contributed by atoms with Gasteiger partial charge in [-0.3, -0.25) is 0 Å². The van der Waals surface area contributed by atoms with Crippen molar-refractivity contribution >= 4 is 6.08 Å². The molecule has 0 radical (unpaired) electrons. The molecule has 0 bridgehead atoms. The van der Waals surface area contributed by atoms with E-state index in [0.717, 1.165) is 0 Å². The zero-order valence-corrected chi connectivity index (χ0v) is 6.62. The molecule has 0 aromatic heterocycles. The van der Waals surface area contributed by atoms with E-state index in [2.05, 4.69) is 4.99 Å². The molecule has 0 aliphatic carbocycles. The number of ether oxygens (including phenoxy) is 1. The second-order valence-electron chi connectivity index (χ2n) is 2.03. The molecule has 0 fully saturated rings. The van der Waals surface area contributed by atoms with Crippen LogP contribution in [0.4, 0.5) is 0 Å². The van der Waals surface area contributed by atoms with E-state index in [0.29, 0.717) is 26.0 Å². The second kappa shape index (κ2) is 7.41. The van der Waals surface area contributed by atoms with Crippen LogP contribution >= 0.6 is 0 Å². The summed E-state index contributed by atoms with van der Waals surface area (Å²) in [6, 6.07) is 0. The quantitative estimate of drug-likeness (QED) is 0.265. The van der Waals surface area contributed by atoms with Gasteiger partial charge in [0.05, 0.1) is 6.54 Å². The molecule has 0 rings (SSSR count). The maximum absolute atomic E-state index is 9.59. The average molecular weight is 159 g/mol. The van der Waals surface area contributed by atoms with Crippen LogP contribution in [0.15, 0.2) is 4.99 Å². The molecule has 11 heavy (non-hydrogen) atoms. The molecule has 4 nitrogen and oxygen atoms in total. The van der Waals surface area contributed by atoms with Crippen molar-refractivity contribution in [1.82, 2.24) is 0 Å². The summed E-state index contributed by atoms with van der Waals surface area (Å²) in [5.74, 6) is 0. The maximum atomic E-state index is 9.59. The van der Waals surface area contributed by atoms with Crippen molar-refractivity contribution in [3.8, 4) is 0 Å². The highest BCUT2D eigenvalue weighted by atomic mass is 16.6. The van der Waals surface area contributed by atoms with Crippen molar-refractivity contribution in [2.75, 3.05) is 13.2 Å². The number of aliphatic hydroxyl groups excluding tert-OH is 1. The number of isocyanates is 1. The Morgan fingerprint density at radius 2 is 2.45 bits per heavy atom. The minimum absolute atomic E-state index is 0.410. The van der Waals surface area contributed by atoms with Crippen LogP contribution in [0, 0.1) is 0 Å². The zero-order valence-electron chi connectivity index (χ0n) is 6.62. The summed E-state index contributed by atoms with van der Waals surface area (Å²) in [6.45, 7) is 2.72. The summed E-state index contributed by atoms with van der Waals surface area (Å²) in [6.07, 6.45) is 1.87. The van der Waals surface area contributed by atoms with Gasteiger partial charge in [-0.1, -0.05) is 0 Å². The molecule has 0 saturated carbocycles. The van der Waals surface area contributed by atoms with E-state index in [1.54, 1.807) is 0 Å². The van der Waals surface area contributed by atoms with Crippen molar-refractivity contribution in [1.29, 1.82) is 0 Å². The average Bonchev–Trinajstić information content (AvgIpc) is 1.99. The minimum atomic E-state index is -0.721. The van der Waals surface area contributed by atoms with Crippen LogP contribution in [0.2, 0.25) is 0 Å². The smallest absolute Gasteiger partial charge is 0.234 e. The van der Waals surface area contributed by atoms with E-state index < -0.39 is 6.29 Å². The molecule has 0 aromatic carbocycles. The highest BCUT2D eigenvalue weighted by Crippen LogP contribution is 1.98. The van der Waals surface area contributed by atoms with Crippen molar-refractivity contribution in [2.45, 2.75) is 26.1 Å². The summed E-state index contributed by atoms with van der Waals surface area (Å²) in [5, 5.41) is 8.99. The topological polar surface area (TPSA) is 58.9 Å². The number of nitrogens with zero attached hydrogens (tertiary/aromatic N) is 1. The van der Waals surface area contributed by atoms with Gasteiger partial charge in [0.25, 0.3) is 0 Å². The van der Waals surface area contributed by atoms with Crippen LogP contribution < -0.4 is 0 Å². The molecule has 64 valence electrons. The van der Waals surface area contributed by atoms with E-state index in [9.17, 15) is 4.79 Å². The van der Waals surface area contributed by atoms with Crippen molar-refractivity contribution in [2.24, 2.45) is 4.99 Å². The molecule has 1 unspecified atom stereocenters. The first-order chi connectivity index (χ1) is 5.31. The Morgan fingerprint density at radius 3 is 3.00 bits per heavy atom. The lowest BCUT2D eigenvalue weighted by molar-refractivity contribution is -0.0988. The maximum Gasteiger partial charge on any atom is 0.234 e. The normalized spacial score (nSPS) is 12.2. The number of hydrogen-bond acceptors (Lipinski definition) is 4. The third kappa shape index (κ3) is 7.19. The number of hydrogen-bond donors (Lipinski definition) is 1. The van der Waals surface area contributed by atoms with E-state index in [1.807, 2.05) is 6.92 Å². The first kappa shape index (κ1) is 10.3. The fraction of sp³-hybridized carbons (Fsp3) is 0.857. The molecular formula is C7H13NO3. The fourth-order valence-electron chi connectivity index (χ4n) is 0.666. The Kier molecular flexibility index (Phi) is 6.94. The van der Waals surface area contributed by atoms with E-state index in [-0.39, 0.29) is 0 Å². The Hall–Kier alpha value is -0.700. The van der Waals surface area contributed by atoms with Gasteiger partial charge < -0.3 is 9.84 Å². The van der Waals surface area contributed by atoms with E-state index >= 15 is 0 Å². The van der Waals surface area contributed by atoms with Crippen LogP contribution in [-0.2, 0) is 9.53 Å². The SMILES string of the molecule is CCOC(O)CCCN=C=O. The highest BCUT2D eigenvalue weighted by Gasteiger charge is 2.00. The van der Waals surface area contributed by atoms with Crippen LogP contribution in [0.25, 0.3) is 0 Å². The van der Waals surface area contributed by atoms with Gasteiger partial charge in [0.1, 0.15) is 0 Å². The van der Waals surface area contributed by atoms with Gasteiger partial charge in [-0.25, -0.2) is 9.79 Å². The first-order valence-electron chi connectivity index (χ1n) is 3.64. The third-order valence-electron chi connectivity index (χ3n) is 1.14. The third-order valence-corrected chi connectivity index (χ3v) is 1.14. The van der Waals surface area contributed by atoms with Crippen LogP contribution in [0.3, 0.4) is 0 Å². The number of rotatable bonds is 6. The van der Waals surface area contributed by atoms with Crippen molar-refractivity contribution < 1.29 is 14.6 Å². The monoisotopic (exact) mass is 159 g/mol. The van der Waals surface area contributed by atoms with E-state index in [4.69, 9.17) is 9.84 Å². The van der Waals surface area contributed by atoms with Gasteiger partial charge in [0.2, 0.25) is 6.08 Å². The Balaban J connectivity index is 3.16. The zero-order chi connectivity index (χ0) is 8.53.